The third kappa shape index (κ3) is 2.80. The molecule has 2 rings (SSSR count). The molecule has 6 nitrogen and oxygen atoms in total. The van der Waals surface area contributed by atoms with E-state index in [2.05, 4.69) is 20.9 Å². The molecule has 0 bridgehead atoms. The number of halogens is 2. The van der Waals surface area contributed by atoms with Crippen LogP contribution < -0.4 is 4.74 Å². The van der Waals surface area contributed by atoms with Crippen molar-refractivity contribution < 1.29 is 18.8 Å². The van der Waals surface area contributed by atoms with Gasteiger partial charge < -0.3 is 4.74 Å². The molecule has 0 unspecified atom stereocenters. The van der Waals surface area contributed by atoms with Crippen LogP contribution >= 0.6 is 15.9 Å². The molecule has 0 aliphatic heterocycles. The zero-order valence-corrected chi connectivity index (χ0v) is 11.3. The Balaban J connectivity index is 2.50. The Morgan fingerprint density at radius 3 is 2.85 bits per heavy atom. The lowest BCUT2D eigenvalue weighted by Crippen LogP contribution is -1.98. The van der Waals surface area contributed by atoms with E-state index in [1.807, 2.05) is 0 Å². The number of aldehydes is 1. The van der Waals surface area contributed by atoms with E-state index in [0.29, 0.717) is 6.29 Å². The van der Waals surface area contributed by atoms with Gasteiger partial charge >= 0.3 is 5.69 Å². The summed E-state index contributed by atoms with van der Waals surface area (Å²) in [5.41, 5.74) is -0.342. The first-order valence-corrected chi connectivity index (χ1v) is 6.03. The second-order valence-electron chi connectivity index (χ2n) is 3.61. The molecule has 0 saturated heterocycles. The standard InChI is InChI=1S/C12H6BrFN2O4/c13-8-4-10(16(18)19)11(5-9(8)14)20-12-7(6-17)2-1-3-15-12/h1-6H. The molecule has 0 radical (unpaired) electrons. The predicted molar refractivity (Wildman–Crippen MR) is 70.5 cm³/mol. The Kier molecular flexibility index (Phi) is 4.04. The van der Waals surface area contributed by atoms with Gasteiger partial charge in [-0.15, -0.1) is 0 Å². The molecule has 1 aromatic heterocycles. The molecule has 20 heavy (non-hydrogen) atoms. The van der Waals surface area contributed by atoms with Gasteiger partial charge in [-0.25, -0.2) is 9.37 Å². The highest BCUT2D eigenvalue weighted by Gasteiger charge is 2.20. The molecule has 0 N–H and O–H groups in total. The van der Waals surface area contributed by atoms with E-state index in [0.717, 1.165) is 12.1 Å². The van der Waals surface area contributed by atoms with Crippen LogP contribution in [0.4, 0.5) is 10.1 Å². The summed E-state index contributed by atoms with van der Waals surface area (Å²) in [5, 5.41) is 10.9. The first-order valence-electron chi connectivity index (χ1n) is 5.24. The van der Waals surface area contributed by atoms with Gasteiger partial charge in [0.2, 0.25) is 11.6 Å². The first-order chi connectivity index (χ1) is 9.52. The van der Waals surface area contributed by atoms with Crippen LogP contribution in [0.15, 0.2) is 34.9 Å². The Morgan fingerprint density at radius 1 is 1.45 bits per heavy atom. The minimum Gasteiger partial charge on any atom is -0.431 e. The Bertz CT molecular complexity index is 693. The van der Waals surface area contributed by atoms with Crippen molar-refractivity contribution in [3.63, 3.8) is 0 Å². The highest BCUT2D eigenvalue weighted by atomic mass is 79.9. The van der Waals surface area contributed by atoms with Crippen LogP contribution in [-0.4, -0.2) is 16.2 Å². The SMILES string of the molecule is O=Cc1cccnc1Oc1cc(F)c(Br)cc1[N+](=O)[O-]. The summed E-state index contributed by atoms with van der Waals surface area (Å²) in [5.74, 6) is -1.20. The summed E-state index contributed by atoms with van der Waals surface area (Å²) in [6.45, 7) is 0. The maximum absolute atomic E-state index is 13.5. The average Bonchev–Trinajstić information content (AvgIpc) is 2.43. The fourth-order valence-electron chi connectivity index (χ4n) is 1.42. The van der Waals surface area contributed by atoms with Gasteiger partial charge in [0.25, 0.3) is 0 Å². The molecule has 2 aromatic rings. The summed E-state index contributed by atoms with van der Waals surface area (Å²) >= 11 is 2.86. The third-order valence-electron chi connectivity index (χ3n) is 2.33. The molecule has 102 valence electrons. The van der Waals surface area contributed by atoms with Gasteiger partial charge in [0.15, 0.2) is 6.29 Å². The summed E-state index contributed by atoms with van der Waals surface area (Å²) < 4.78 is 18.6. The van der Waals surface area contributed by atoms with Crippen molar-refractivity contribution in [2.75, 3.05) is 0 Å². The molecule has 0 saturated carbocycles. The number of nitrogens with zero attached hydrogens (tertiary/aromatic N) is 2. The largest absolute Gasteiger partial charge is 0.431 e. The quantitative estimate of drug-likeness (QED) is 0.483. The van der Waals surface area contributed by atoms with E-state index < -0.39 is 16.4 Å². The number of hydrogen-bond acceptors (Lipinski definition) is 5. The minimum absolute atomic E-state index is 0.0619. The number of hydrogen-bond donors (Lipinski definition) is 0. The molecule has 0 atom stereocenters. The average molecular weight is 341 g/mol. The van der Waals surface area contributed by atoms with E-state index in [4.69, 9.17) is 4.74 Å². The molecule has 1 aromatic carbocycles. The van der Waals surface area contributed by atoms with Crippen molar-refractivity contribution in [1.82, 2.24) is 4.98 Å². The lowest BCUT2D eigenvalue weighted by molar-refractivity contribution is -0.385. The minimum atomic E-state index is -0.728. The fraction of sp³-hybridized carbons (Fsp3) is 0. The molecule has 8 heteroatoms. The van der Waals surface area contributed by atoms with Gasteiger partial charge in [-0.3, -0.25) is 14.9 Å². The van der Waals surface area contributed by atoms with Gasteiger partial charge in [-0.2, -0.15) is 0 Å². The van der Waals surface area contributed by atoms with Crippen LogP contribution in [0.3, 0.4) is 0 Å². The van der Waals surface area contributed by atoms with Gasteiger partial charge in [0.1, 0.15) is 5.82 Å². The monoisotopic (exact) mass is 340 g/mol. The van der Waals surface area contributed by atoms with Crippen LogP contribution in [0.5, 0.6) is 11.6 Å². The van der Waals surface area contributed by atoms with Crippen molar-refractivity contribution in [2.24, 2.45) is 0 Å². The van der Waals surface area contributed by atoms with Gasteiger partial charge in [-0.05, 0) is 28.1 Å². The Hall–Kier alpha value is -2.35. The fourth-order valence-corrected chi connectivity index (χ4v) is 1.76. The number of rotatable bonds is 4. The molecule has 0 amide bonds. The van der Waals surface area contributed by atoms with E-state index in [9.17, 15) is 19.3 Å². The number of nitro benzene ring substituents is 1. The number of carbonyl (C=O) groups excluding carboxylic acids is 1. The van der Waals surface area contributed by atoms with Crippen molar-refractivity contribution in [3.8, 4) is 11.6 Å². The third-order valence-corrected chi connectivity index (χ3v) is 2.94. The van der Waals surface area contributed by atoms with Gasteiger partial charge in [0, 0.05) is 18.3 Å². The number of pyridine rings is 1. The molecule has 0 fully saturated rings. The van der Waals surface area contributed by atoms with Crippen LogP contribution in [0.25, 0.3) is 0 Å². The molecule has 0 aliphatic carbocycles. The van der Waals surface area contributed by atoms with Crippen LogP contribution in [0.2, 0.25) is 0 Å². The summed E-state index contributed by atoms with van der Waals surface area (Å²) in [6.07, 6.45) is 1.84. The van der Waals surface area contributed by atoms with Crippen molar-refractivity contribution >= 4 is 27.9 Å². The van der Waals surface area contributed by atoms with E-state index >= 15 is 0 Å². The second-order valence-corrected chi connectivity index (χ2v) is 4.46. The molecule has 0 spiro atoms. The van der Waals surface area contributed by atoms with Crippen molar-refractivity contribution in [3.05, 3.63) is 56.4 Å². The second kappa shape index (κ2) is 5.74. The topological polar surface area (TPSA) is 82.3 Å². The molecule has 1 heterocycles. The van der Waals surface area contributed by atoms with E-state index in [-0.39, 0.29) is 21.7 Å². The highest BCUT2D eigenvalue weighted by molar-refractivity contribution is 9.10. The van der Waals surface area contributed by atoms with E-state index in [1.54, 1.807) is 0 Å². The first kappa shape index (κ1) is 14.1. The maximum atomic E-state index is 13.5. The molecular formula is C12H6BrFN2O4. The Labute approximate surface area is 120 Å². The lowest BCUT2D eigenvalue weighted by Gasteiger charge is -2.07. The van der Waals surface area contributed by atoms with Crippen LogP contribution in [0, 0.1) is 15.9 Å². The van der Waals surface area contributed by atoms with Crippen LogP contribution in [-0.2, 0) is 0 Å². The highest BCUT2D eigenvalue weighted by Crippen LogP contribution is 2.35. The zero-order valence-electron chi connectivity index (χ0n) is 9.75. The number of aromatic nitrogens is 1. The zero-order chi connectivity index (χ0) is 14.7. The summed E-state index contributed by atoms with van der Waals surface area (Å²) in [6, 6.07) is 4.77. The molecule has 0 aliphatic rings. The maximum Gasteiger partial charge on any atom is 0.312 e. The van der Waals surface area contributed by atoms with E-state index in [1.165, 1.54) is 18.3 Å². The normalized spacial score (nSPS) is 10.1. The number of carbonyl (C=O) groups is 1. The Morgan fingerprint density at radius 2 is 2.20 bits per heavy atom. The van der Waals surface area contributed by atoms with Gasteiger partial charge in [0.05, 0.1) is 15.0 Å². The lowest BCUT2D eigenvalue weighted by atomic mass is 10.2. The smallest absolute Gasteiger partial charge is 0.312 e. The molecular weight excluding hydrogens is 335 g/mol. The van der Waals surface area contributed by atoms with Gasteiger partial charge in [-0.1, -0.05) is 0 Å². The summed E-state index contributed by atoms with van der Waals surface area (Å²) in [7, 11) is 0. The number of nitro groups is 1. The predicted octanol–water partition coefficient (Wildman–Crippen LogP) is 3.50. The number of ether oxygens (including phenoxy) is 1. The van der Waals surface area contributed by atoms with Crippen molar-refractivity contribution in [2.45, 2.75) is 0 Å². The number of benzene rings is 1. The van der Waals surface area contributed by atoms with Crippen LogP contribution in [0.1, 0.15) is 10.4 Å². The van der Waals surface area contributed by atoms with Crippen molar-refractivity contribution in [1.29, 1.82) is 0 Å². The summed E-state index contributed by atoms with van der Waals surface area (Å²) in [4.78, 5) is 24.8.